The fourth-order valence-corrected chi connectivity index (χ4v) is 3.77. The molecule has 7 heteroatoms. The van der Waals surface area contributed by atoms with Crippen LogP contribution in [0.4, 0.5) is 5.69 Å². The molecule has 2 N–H and O–H groups in total. The maximum Gasteiger partial charge on any atom is 0.233 e. The number of anilines is 1. The largest absolute Gasteiger partial charge is 0.394 e. The van der Waals surface area contributed by atoms with Crippen LogP contribution in [0.15, 0.2) is 18.2 Å². The van der Waals surface area contributed by atoms with Crippen molar-refractivity contribution in [3.8, 4) is 0 Å². The van der Waals surface area contributed by atoms with Crippen LogP contribution < -0.4 is 4.90 Å². The van der Waals surface area contributed by atoms with E-state index in [0.29, 0.717) is 10.8 Å². The predicted molar refractivity (Wildman–Crippen MR) is 85.8 cm³/mol. The standard InChI is InChI=1S/C14H19ClN2O3S/c1-16(2)9-3-4-11(12(15)5-9)14-17(6-10(19)7-18)13(20)8-21-14/h3-5,10,14,18-19H,6-8H2,1-2H3. The molecule has 1 fully saturated rings. The summed E-state index contributed by atoms with van der Waals surface area (Å²) in [7, 11) is 3.87. The van der Waals surface area contributed by atoms with E-state index in [0.717, 1.165) is 11.3 Å². The van der Waals surface area contributed by atoms with Crippen molar-refractivity contribution >= 4 is 35.0 Å². The molecule has 0 aromatic heterocycles. The van der Waals surface area contributed by atoms with Crippen LogP contribution in [0.1, 0.15) is 10.9 Å². The number of aliphatic hydroxyl groups excluding tert-OH is 2. The number of benzene rings is 1. The van der Waals surface area contributed by atoms with Gasteiger partial charge in [-0.15, -0.1) is 11.8 Å². The Hall–Kier alpha value is -0.950. The molecule has 1 aromatic carbocycles. The Bertz CT molecular complexity index is 527. The van der Waals surface area contributed by atoms with E-state index in [2.05, 4.69) is 0 Å². The van der Waals surface area contributed by atoms with Crippen molar-refractivity contribution in [2.24, 2.45) is 0 Å². The van der Waals surface area contributed by atoms with Crippen LogP contribution in [0, 0.1) is 0 Å². The lowest BCUT2D eigenvalue weighted by Crippen LogP contribution is -2.37. The third-order valence-electron chi connectivity index (χ3n) is 3.35. The Balaban J connectivity index is 2.25. The first-order valence-corrected chi connectivity index (χ1v) is 8.03. The Morgan fingerprint density at radius 2 is 2.24 bits per heavy atom. The second kappa shape index (κ2) is 6.87. The van der Waals surface area contributed by atoms with Gasteiger partial charge in [0.15, 0.2) is 0 Å². The fraction of sp³-hybridized carbons (Fsp3) is 0.500. The van der Waals surface area contributed by atoms with Gasteiger partial charge < -0.3 is 20.0 Å². The molecule has 1 aromatic rings. The first kappa shape index (κ1) is 16.4. The summed E-state index contributed by atoms with van der Waals surface area (Å²) in [5, 5.41) is 18.9. The van der Waals surface area contributed by atoms with Crippen molar-refractivity contribution in [1.82, 2.24) is 4.90 Å². The molecular formula is C14H19ClN2O3S. The number of hydrogen-bond acceptors (Lipinski definition) is 5. The van der Waals surface area contributed by atoms with Crippen LogP contribution in [0.25, 0.3) is 0 Å². The van der Waals surface area contributed by atoms with Gasteiger partial charge in [-0.05, 0) is 12.1 Å². The molecule has 2 unspecified atom stereocenters. The molecule has 1 aliphatic rings. The van der Waals surface area contributed by atoms with Crippen LogP contribution in [0.3, 0.4) is 0 Å². The van der Waals surface area contributed by atoms with Crippen molar-refractivity contribution < 1.29 is 15.0 Å². The molecule has 1 saturated heterocycles. The second-order valence-electron chi connectivity index (χ2n) is 5.15. The molecule has 0 spiro atoms. The topological polar surface area (TPSA) is 64.0 Å². The number of thioether (sulfide) groups is 1. The molecule has 2 rings (SSSR count). The van der Waals surface area contributed by atoms with Crippen LogP contribution in [0.2, 0.25) is 5.02 Å². The average molecular weight is 331 g/mol. The molecule has 0 aliphatic carbocycles. The first-order chi connectivity index (χ1) is 9.93. The van der Waals surface area contributed by atoms with Gasteiger partial charge in [0.1, 0.15) is 5.37 Å². The van der Waals surface area contributed by atoms with Gasteiger partial charge in [0.2, 0.25) is 5.91 Å². The Labute approximate surface area is 133 Å². The second-order valence-corrected chi connectivity index (χ2v) is 6.62. The molecule has 5 nitrogen and oxygen atoms in total. The molecule has 2 atom stereocenters. The molecule has 0 saturated carbocycles. The highest BCUT2D eigenvalue weighted by molar-refractivity contribution is 8.00. The lowest BCUT2D eigenvalue weighted by molar-refractivity contribution is -0.129. The Morgan fingerprint density at radius 3 is 2.81 bits per heavy atom. The smallest absolute Gasteiger partial charge is 0.233 e. The minimum absolute atomic E-state index is 0.0507. The van der Waals surface area contributed by atoms with E-state index in [1.54, 1.807) is 4.90 Å². The zero-order chi connectivity index (χ0) is 15.6. The maximum atomic E-state index is 12.0. The van der Waals surface area contributed by atoms with Gasteiger partial charge >= 0.3 is 0 Å². The zero-order valence-electron chi connectivity index (χ0n) is 12.0. The van der Waals surface area contributed by atoms with E-state index in [4.69, 9.17) is 16.7 Å². The third kappa shape index (κ3) is 3.63. The quantitative estimate of drug-likeness (QED) is 0.853. The minimum Gasteiger partial charge on any atom is -0.394 e. The van der Waals surface area contributed by atoms with Crippen molar-refractivity contribution in [3.63, 3.8) is 0 Å². The number of rotatable bonds is 5. The fourth-order valence-electron chi connectivity index (χ4n) is 2.19. The SMILES string of the molecule is CN(C)c1ccc(C2SCC(=O)N2CC(O)CO)c(Cl)c1. The molecule has 21 heavy (non-hydrogen) atoms. The van der Waals surface area contributed by atoms with Gasteiger partial charge in [-0.3, -0.25) is 4.79 Å². The number of carbonyl (C=O) groups is 1. The van der Waals surface area contributed by atoms with Crippen molar-refractivity contribution in [2.45, 2.75) is 11.5 Å². The number of aliphatic hydroxyl groups is 2. The summed E-state index contributed by atoms with van der Waals surface area (Å²) in [6.07, 6.45) is -0.935. The molecule has 1 amide bonds. The maximum absolute atomic E-state index is 12.0. The monoisotopic (exact) mass is 330 g/mol. The van der Waals surface area contributed by atoms with E-state index >= 15 is 0 Å². The van der Waals surface area contributed by atoms with Gasteiger partial charge in [-0.1, -0.05) is 17.7 Å². The average Bonchev–Trinajstić information content (AvgIpc) is 2.80. The summed E-state index contributed by atoms with van der Waals surface area (Å²) < 4.78 is 0. The van der Waals surface area contributed by atoms with Crippen LogP contribution >= 0.6 is 23.4 Å². The van der Waals surface area contributed by atoms with Gasteiger partial charge in [0.25, 0.3) is 0 Å². The Morgan fingerprint density at radius 1 is 1.52 bits per heavy atom. The molecule has 1 heterocycles. The predicted octanol–water partition coefficient (Wildman–Crippen LogP) is 1.33. The molecular weight excluding hydrogens is 312 g/mol. The lowest BCUT2D eigenvalue weighted by Gasteiger charge is -2.27. The summed E-state index contributed by atoms with van der Waals surface area (Å²) in [6, 6.07) is 5.72. The lowest BCUT2D eigenvalue weighted by atomic mass is 10.1. The summed E-state index contributed by atoms with van der Waals surface area (Å²) in [5.41, 5.74) is 1.84. The van der Waals surface area contributed by atoms with Gasteiger partial charge in [0.05, 0.1) is 25.0 Å². The summed E-state index contributed by atoms with van der Waals surface area (Å²) >= 11 is 7.83. The van der Waals surface area contributed by atoms with E-state index in [9.17, 15) is 9.90 Å². The van der Waals surface area contributed by atoms with Crippen LogP contribution in [-0.2, 0) is 4.79 Å². The van der Waals surface area contributed by atoms with Gasteiger partial charge in [-0.2, -0.15) is 0 Å². The van der Waals surface area contributed by atoms with Crippen molar-refractivity contribution in [2.75, 3.05) is 37.9 Å². The number of β-amino-alcohol motifs (C(OH)–C–C–N with tert-alkyl or cyclic N) is 1. The van der Waals surface area contributed by atoms with Crippen molar-refractivity contribution in [3.05, 3.63) is 28.8 Å². The van der Waals surface area contributed by atoms with E-state index in [1.807, 2.05) is 37.2 Å². The van der Waals surface area contributed by atoms with E-state index < -0.39 is 6.10 Å². The van der Waals surface area contributed by atoms with Crippen LogP contribution in [0.5, 0.6) is 0 Å². The highest BCUT2D eigenvalue weighted by atomic mass is 35.5. The zero-order valence-corrected chi connectivity index (χ0v) is 13.6. The number of amides is 1. The van der Waals surface area contributed by atoms with E-state index in [1.165, 1.54) is 11.8 Å². The van der Waals surface area contributed by atoms with E-state index in [-0.39, 0.29) is 24.4 Å². The highest BCUT2D eigenvalue weighted by Gasteiger charge is 2.35. The molecule has 0 radical (unpaired) electrons. The summed E-state index contributed by atoms with van der Waals surface area (Å²) in [6.45, 7) is -0.257. The normalized spacial score (nSPS) is 20.0. The highest BCUT2D eigenvalue weighted by Crippen LogP contribution is 2.42. The van der Waals surface area contributed by atoms with Crippen LogP contribution in [-0.4, -0.2) is 60.1 Å². The molecule has 1 aliphatic heterocycles. The number of nitrogens with zero attached hydrogens (tertiary/aromatic N) is 2. The number of halogens is 1. The van der Waals surface area contributed by atoms with Crippen molar-refractivity contribution in [1.29, 1.82) is 0 Å². The summed E-state index contributed by atoms with van der Waals surface area (Å²) in [5.74, 6) is 0.305. The summed E-state index contributed by atoms with van der Waals surface area (Å²) in [4.78, 5) is 15.5. The molecule has 116 valence electrons. The minimum atomic E-state index is -0.935. The number of carbonyl (C=O) groups excluding carboxylic acids is 1. The first-order valence-electron chi connectivity index (χ1n) is 6.60. The van der Waals surface area contributed by atoms with Gasteiger partial charge in [-0.25, -0.2) is 0 Å². The third-order valence-corrected chi connectivity index (χ3v) is 4.92. The molecule has 0 bridgehead atoms. The Kier molecular flexibility index (Phi) is 5.37. The number of hydrogen-bond donors (Lipinski definition) is 2. The van der Waals surface area contributed by atoms with Gasteiger partial charge in [0, 0.05) is 30.4 Å².